The number of aryl methyl sites for hydroxylation is 1. The summed E-state index contributed by atoms with van der Waals surface area (Å²) in [4.78, 5) is 0. The second kappa shape index (κ2) is 6.72. The highest BCUT2D eigenvalue weighted by atomic mass is 19.1. The zero-order chi connectivity index (χ0) is 12.8. The van der Waals surface area contributed by atoms with Crippen LogP contribution in [-0.2, 0) is 0 Å². The molecule has 0 aliphatic carbocycles. The highest BCUT2D eigenvalue weighted by Crippen LogP contribution is 2.25. The summed E-state index contributed by atoms with van der Waals surface area (Å²) >= 11 is 0. The Labute approximate surface area is 103 Å². The van der Waals surface area contributed by atoms with Crippen molar-refractivity contribution in [1.82, 2.24) is 5.43 Å². The standard InChI is InChI=1S/C14H23FN2/c1-4-11(5-2)9-14(17-16)12-6-7-13(15)10(3)8-12/h6-8,11,14,17H,4-5,9,16H2,1-3H3. The van der Waals surface area contributed by atoms with Gasteiger partial charge in [-0.15, -0.1) is 0 Å². The van der Waals surface area contributed by atoms with E-state index in [9.17, 15) is 4.39 Å². The van der Waals surface area contributed by atoms with Crippen LogP contribution in [0, 0.1) is 18.7 Å². The summed E-state index contributed by atoms with van der Waals surface area (Å²) in [6.45, 7) is 6.17. The number of nitrogens with one attached hydrogen (secondary N) is 1. The molecule has 0 radical (unpaired) electrons. The number of rotatable bonds is 6. The predicted octanol–water partition coefficient (Wildman–Crippen LogP) is 3.46. The fourth-order valence-electron chi connectivity index (χ4n) is 2.14. The molecule has 0 bridgehead atoms. The lowest BCUT2D eigenvalue weighted by molar-refractivity contribution is 0.374. The van der Waals surface area contributed by atoms with Crippen LogP contribution in [0.5, 0.6) is 0 Å². The van der Waals surface area contributed by atoms with Crippen LogP contribution in [0.2, 0.25) is 0 Å². The minimum Gasteiger partial charge on any atom is -0.271 e. The summed E-state index contributed by atoms with van der Waals surface area (Å²) < 4.78 is 13.2. The highest BCUT2D eigenvalue weighted by molar-refractivity contribution is 5.26. The van der Waals surface area contributed by atoms with E-state index in [-0.39, 0.29) is 11.9 Å². The Kier molecular flexibility index (Phi) is 5.59. The summed E-state index contributed by atoms with van der Waals surface area (Å²) in [6, 6.07) is 5.32. The summed E-state index contributed by atoms with van der Waals surface area (Å²) in [5.41, 5.74) is 4.58. The predicted molar refractivity (Wildman–Crippen MR) is 69.9 cm³/mol. The molecule has 0 amide bonds. The maximum atomic E-state index is 13.2. The molecule has 1 aromatic carbocycles. The van der Waals surface area contributed by atoms with E-state index in [2.05, 4.69) is 19.3 Å². The van der Waals surface area contributed by atoms with Crippen LogP contribution in [0.15, 0.2) is 18.2 Å². The van der Waals surface area contributed by atoms with Gasteiger partial charge in [0.1, 0.15) is 5.82 Å². The Balaban J connectivity index is 2.82. The molecule has 0 fully saturated rings. The number of halogens is 1. The van der Waals surface area contributed by atoms with Crippen molar-refractivity contribution in [3.63, 3.8) is 0 Å². The van der Waals surface area contributed by atoms with Crippen LogP contribution in [-0.4, -0.2) is 0 Å². The second-order valence-electron chi connectivity index (χ2n) is 4.65. The molecule has 0 aliphatic heterocycles. The van der Waals surface area contributed by atoms with Gasteiger partial charge in [-0.05, 0) is 36.5 Å². The Morgan fingerprint density at radius 2 is 1.94 bits per heavy atom. The van der Waals surface area contributed by atoms with Crippen molar-refractivity contribution in [2.24, 2.45) is 11.8 Å². The quantitative estimate of drug-likeness (QED) is 0.588. The van der Waals surface area contributed by atoms with Crippen LogP contribution in [0.25, 0.3) is 0 Å². The molecule has 2 nitrogen and oxygen atoms in total. The molecule has 96 valence electrons. The number of hydrogen-bond acceptors (Lipinski definition) is 2. The van der Waals surface area contributed by atoms with Crippen molar-refractivity contribution >= 4 is 0 Å². The van der Waals surface area contributed by atoms with E-state index < -0.39 is 0 Å². The van der Waals surface area contributed by atoms with Crippen molar-refractivity contribution in [2.75, 3.05) is 0 Å². The van der Waals surface area contributed by atoms with Crippen molar-refractivity contribution in [1.29, 1.82) is 0 Å². The third-order valence-electron chi connectivity index (χ3n) is 3.51. The van der Waals surface area contributed by atoms with Crippen molar-refractivity contribution < 1.29 is 4.39 Å². The molecule has 1 aromatic rings. The zero-order valence-electron chi connectivity index (χ0n) is 11.0. The number of hydrazine groups is 1. The lowest BCUT2D eigenvalue weighted by Gasteiger charge is -2.22. The van der Waals surface area contributed by atoms with Crippen LogP contribution >= 0.6 is 0 Å². The highest BCUT2D eigenvalue weighted by Gasteiger charge is 2.15. The third-order valence-corrected chi connectivity index (χ3v) is 3.51. The molecular weight excluding hydrogens is 215 g/mol. The Morgan fingerprint density at radius 3 is 2.41 bits per heavy atom. The number of nitrogens with two attached hydrogens (primary N) is 1. The number of hydrogen-bond donors (Lipinski definition) is 2. The average Bonchev–Trinajstić information content (AvgIpc) is 2.35. The molecule has 1 unspecified atom stereocenters. The van der Waals surface area contributed by atoms with E-state index in [0.29, 0.717) is 11.5 Å². The number of benzene rings is 1. The molecular formula is C14H23FN2. The largest absolute Gasteiger partial charge is 0.271 e. The first kappa shape index (κ1) is 14.1. The molecule has 3 heteroatoms. The van der Waals surface area contributed by atoms with Gasteiger partial charge in [0.2, 0.25) is 0 Å². The smallest absolute Gasteiger partial charge is 0.126 e. The molecule has 0 heterocycles. The van der Waals surface area contributed by atoms with Crippen molar-refractivity contribution in [3.8, 4) is 0 Å². The van der Waals surface area contributed by atoms with Crippen molar-refractivity contribution in [3.05, 3.63) is 35.1 Å². The molecule has 0 saturated heterocycles. The van der Waals surface area contributed by atoms with Gasteiger partial charge in [0.25, 0.3) is 0 Å². The fraction of sp³-hybridized carbons (Fsp3) is 0.571. The maximum Gasteiger partial charge on any atom is 0.126 e. The lowest BCUT2D eigenvalue weighted by Crippen LogP contribution is -2.29. The molecule has 3 N–H and O–H groups in total. The normalized spacial score (nSPS) is 13.1. The van der Waals surface area contributed by atoms with Crippen molar-refractivity contribution in [2.45, 2.75) is 46.1 Å². The first-order valence-electron chi connectivity index (χ1n) is 6.34. The van der Waals surface area contributed by atoms with Gasteiger partial charge in [0.15, 0.2) is 0 Å². The summed E-state index contributed by atoms with van der Waals surface area (Å²) in [6.07, 6.45) is 3.29. The van der Waals surface area contributed by atoms with Gasteiger partial charge in [0.05, 0.1) is 0 Å². The SMILES string of the molecule is CCC(CC)CC(NN)c1ccc(F)c(C)c1. The van der Waals surface area contributed by atoms with E-state index in [1.807, 2.05) is 12.1 Å². The van der Waals surface area contributed by atoms with E-state index in [0.717, 1.165) is 24.8 Å². The zero-order valence-corrected chi connectivity index (χ0v) is 11.0. The third kappa shape index (κ3) is 3.79. The molecule has 17 heavy (non-hydrogen) atoms. The molecule has 1 atom stereocenters. The summed E-state index contributed by atoms with van der Waals surface area (Å²) in [5, 5.41) is 0. The van der Waals surface area contributed by atoms with Gasteiger partial charge in [-0.2, -0.15) is 0 Å². The van der Waals surface area contributed by atoms with Crippen LogP contribution in [0.1, 0.15) is 50.3 Å². The van der Waals surface area contributed by atoms with Crippen LogP contribution < -0.4 is 11.3 Å². The Bertz CT molecular complexity index is 348. The lowest BCUT2D eigenvalue weighted by atomic mass is 9.91. The van der Waals surface area contributed by atoms with Gasteiger partial charge in [-0.3, -0.25) is 11.3 Å². The second-order valence-corrected chi connectivity index (χ2v) is 4.65. The topological polar surface area (TPSA) is 38.0 Å². The first-order valence-corrected chi connectivity index (χ1v) is 6.34. The monoisotopic (exact) mass is 238 g/mol. The molecule has 1 rings (SSSR count). The fourth-order valence-corrected chi connectivity index (χ4v) is 2.14. The van der Waals surface area contributed by atoms with E-state index >= 15 is 0 Å². The summed E-state index contributed by atoms with van der Waals surface area (Å²) in [7, 11) is 0. The minimum atomic E-state index is -0.160. The Morgan fingerprint density at radius 1 is 1.29 bits per heavy atom. The van der Waals surface area contributed by atoms with Gasteiger partial charge in [-0.25, -0.2) is 4.39 Å². The molecule has 0 saturated carbocycles. The van der Waals surface area contributed by atoms with Gasteiger partial charge >= 0.3 is 0 Å². The first-order chi connectivity index (χ1) is 8.12. The van der Waals surface area contributed by atoms with E-state index in [1.54, 1.807) is 6.92 Å². The van der Waals surface area contributed by atoms with E-state index in [1.165, 1.54) is 6.07 Å². The van der Waals surface area contributed by atoms with Gasteiger partial charge in [-0.1, -0.05) is 38.8 Å². The molecule has 0 spiro atoms. The van der Waals surface area contributed by atoms with Crippen LogP contribution in [0.4, 0.5) is 4.39 Å². The Hall–Kier alpha value is -0.930. The summed E-state index contributed by atoms with van der Waals surface area (Å²) in [5.74, 6) is 6.10. The molecule has 0 aliphatic rings. The van der Waals surface area contributed by atoms with Gasteiger partial charge in [0, 0.05) is 6.04 Å². The maximum absolute atomic E-state index is 13.2. The van der Waals surface area contributed by atoms with Gasteiger partial charge < -0.3 is 0 Å². The average molecular weight is 238 g/mol. The minimum absolute atomic E-state index is 0.110. The molecule has 0 aromatic heterocycles. The van der Waals surface area contributed by atoms with Crippen LogP contribution in [0.3, 0.4) is 0 Å². The van der Waals surface area contributed by atoms with E-state index in [4.69, 9.17) is 5.84 Å².